The molecule has 2 saturated carbocycles. The number of fused-ring (bicyclic) bond motifs is 5. The van der Waals surface area contributed by atoms with Crippen molar-refractivity contribution in [3.8, 4) is 0 Å². The van der Waals surface area contributed by atoms with Gasteiger partial charge in [0.2, 0.25) is 0 Å². The van der Waals surface area contributed by atoms with Gasteiger partial charge in [0.25, 0.3) is 0 Å². The van der Waals surface area contributed by atoms with Gasteiger partial charge in [0.15, 0.2) is 18.2 Å². The molecule has 0 aromatic heterocycles. The number of hydrogen-bond acceptors (Lipinski definition) is 17. The molecule has 18 heteroatoms. The van der Waals surface area contributed by atoms with Crippen molar-refractivity contribution in [3.63, 3.8) is 0 Å². The smallest absolute Gasteiger partial charge is 0.408 e. The molecule has 5 aliphatic rings. The molecule has 2 heterocycles. The fourth-order valence-corrected chi connectivity index (χ4v) is 10.7. The maximum atomic E-state index is 15.1. The van der Waals surface area contributed by atoms with Crippen molar-refractivity contribution in [1.29, 1.82) is 0 Å². The summed E-state index contributed by atoms with van der Waals surface area (Å²) in [7, 11) is 0. The van der Waals surface area contributed by atoms with E-state index in [0.717, 1.165) is 0 Å². The fourth-order valence-electron chi connectivity index (χ4n) is 10.7. The quantitative estimate of drug-likeness (QED) is 0.0829. The number of carbonyl (C=O) groups is 3. The molecule has 0 radical (unpaired) electrons. The summed E-state index contributed by atoms with van der Waals surface area (Å²) in [5.74, 6) is -4.16. The number of carbonyl (C=O) groups excluding carboxylic acids is 3. The normalized spacial score (nSPS) is 40.0. The number of hydrogen-bond donors (Lipinski definition) is 9. The molecule has 62 heavy (non-hydrogen) atoms. The van der Waals surface area contributed by atoms with Crippen molar-refractivity contribution in [3.05, 3.63) is 59.4 Å². The van der Waals surface area contributed by atoms with Crippen LogP contribution in [0.2, 0.25) is 0 Å². The third-order valence-corrected chi connectivity index (χ3v) is 14.0. The first-order valence-electron chi connectivity index (χ1n) is 20.9. The van der Waals surface area contributed by atoms with Gasteiger partial charge in [-0.25, -0.2) is 9.59 Å². The first-order valence-corrected chi connectivity index (χ1v) is 20.9. The number of ketones is 1. The molecular formula is C44H63NO17. The zero-order chi connectivity index (χ0) is 46.1. The lowest BCUT2D eigenvalue weighted by Gasteiger charge is -2.67. The molecule has 16 atom stereocenters. The van der Waals surface area contributed by atoms with Crippen LogP contribution in [0.3, 0.4) is 0 Å². The standard InChI is InChI=1S/C44H63NO17/c1-20(18-57-38-34(51)33(50)30(47)25(17-46)61-38)59-26-15-27-43(55,19-58-27)35-22(3)44(56)16-24(21(2)28(41(44,7)8)31(48)36(52)42(26,35)9)60-37(53)32(49)29(23-13-11-10-12-14-23)45-39(54)62-40(4,5)6/h10-14,22,24-27,29-35,38,46-51,55-56H,1,15-19H2,2-9H3,(H,45,54)/t22?,24?,25?,26?,27?,29?,30?,31?,32?,33?,34?,35?,38?,42-,43+,44?/m1/s1. The second-order valence-electron chi connectivity index (χ2n) is 19.3. The van der Waals surface area contributed by atoms with Crippen LogP contribution in [0.1, 0.15) is 79.8 Å². The predicted molar refractivity (Wildman–Crippen MR) is 215 cm³/mol. The molecule has 0 spiro atoms. The molecule has 2 saturated heterocycles. The van der Waals surface area contributed by atoms with E-state index in [1.807, 2.05) is 0 Å². The highest BCUT2D eigenvalue weighted by atomic mass is 16.7. The Hall–Kier alpha value is -3.53. The van der Waals surface area contributed by atoms with E-state index >= 15 is 4.79 Å². The van der Waals surface area contributed by atoms with Crippen LogP contribution in [0.25, 0.3) is 0 Å². The van der Waals surface area contributed by atoms with Crippen LogP contribution in [0, 0.1) is 22.7 Å². The Morgan fingerprint density at radius 3 is 2.24 bits per heavy atom. The van der Waals surface area contributed by atoms with E-state index in [4.69, 9.17) is 28.4 Å². The Kier molecular flexibility index (Phi) is 13.2. The van der Waals surface area contributed by atoms with E-state index < -0.39 is 138 Å². The molecular weight excluding hydrogens is 814 g/mol. The van der Waals surface area contributed by atoms with Crippen molar-refractivity contribution in [2.75, 3.05) is 19.8 Å². The van der Waals surface area contributed by atoms with Crippen LogP contribution >= 0.6 is 0 Å². The van der Waals surface area contributed by atoms with Crippen molar-refractivity contribution in [2.45, 2.75) is 152 Å². The van der Waals surface area contributed by atoms with Crippen molar-refractivity contribution in [2.24, 2.45) is 22.7 Å². The first-order chi connectivity index (χ1) is 28.7. The lowest BCUT2D eigenvalue weighted by molar-refractivity contribution is -0.337. The minimum Gasteiger partial charge on any atom is -0.492 e. The van der Waals surface area contributed by atoms with Gasteiger partial charge in [-0.3, -0.25) is 4.79 Å². The molecule has 14 unspecified atom stereocenters. The number of aliphatic hydroxyl groups excluding tert-OH is 6. The van der Waals surface area contributed by atoms with Gasteiger partial charge in [0.05, 0.1) is 36.4 Å². The Morgan fingerprint density at radius 1 is 1.02 bits per heavy atom. The van der Waals surface area contributed by atoms with Gasteiger partial charge in [-0.15, -0.1) is 0 Å². The van der Waals surface area contributed by atoms with E-state index in [9.17, 15) is 50.4 Å². The molecule has 2 bridgehead atoms. The zero-order valence-corrected chi connectivity index (χ0v) is 36.4. The largest absolute Gasteiger partial charge is 0.492 e. The summed E-state index contributed by atoms with van der Waals surface area (Å²) >= 11 is 0. The lowest BCUT2D eigenvalue weighted by atomic mass is 9.42. The summed E-state index contributed by atoms with van der Waals surface area (Å²) in [4.78, 5) is 42.0. The maximum absolute atomic E-state index is 15.1. The van der Waals surface area contributed by atoms with Crippen molar-refractivity contribution in [1.82, 2.24) is 5.32 Å². The minimum absolute atomic E-state index is 0.0500. The second-order valence-corrected chi connectivity index (χ2v) is 19.3. The number of rotatable bonds is 11. The molecule has 346 valence electrons. The number of aliphatic hydroxyl groups is 8. The third kappa shape index (κ3) is 8.10. The highest BCUT2D eigenvalue weighted by Crippen LogP contribution is 2.65. The van der Waals surface area contributed by atoms with E-state index in [2.05, 4.69) is 11.9 Å². The van der Waals surface area contributed by atoms with Gasteiger partial charge in [-0.1, -0.05) is 57.7 Å². The predicted octanol–water partition coefficient (Wildman–Crippen LogP) is 0.454. The van der Waals surface area contributed by atoms with E-state index in [-0.39, 0.29) is 36.4 Å². The van der Waals surface area contributed by atoms with Gasteiger partial charge >= 0.3 is 12.1 Å². The average Bonchev–Trinajstić information content (AvgIpc) is 3.19. The van der Waals surface area contributed by atoms with Crippen LogP contribution in [0.5, 0.6) is 0 Å². The Bertz CT molecular complexity index is 1900. The van der Waals surface area contributed by atoms with Crippen LogP contribution in [0.4, 0.5) is 4.79 Å². The van der Waals surface area contributed by atoms with Gasteiger partial charge in [0.1, 0.15) is 66.3 Å². The lowest BCUT2D eigenvalue weighted by Crippen LogP contribution is -2.79. The highest BCUT2D eigenvalue weighted by molar-refractivity contribution is 5.93. The van der Waals surface area contributed by atoms with Crippen molar-refractivity contribution >= 4 is 17.8 Å². The van der Waals surface area contributed by atoms with E-state index in [1.165, 1.54) is 0 Å². The summed E-state index contributed by atoms with van der Waals surface area (Å²) in [5.41, 5.74) is -6.94. The van der Waals surface area contributed by atoms with Crippen LogP contribution in [-0.4, -0.2) is 157 Å². The molecule has 9 N–H and O–H groups in total. The summed E-state index contributed by atoms with van der Waals surface area (Å²) in [6.45, 7) is 15.7. The molecule has 18 nitrogen and oxygen atoms in total. The van der Waals surface area contributed by atoms with Crippen LogP contribution < -0.4 is 5.32 Å². The molecule has 4 fully saturated rings. The summed E-state index contributed by atoms with van der Waals surface area (Å²) in [6, 6.07) is 6.91. The summed E-state index contributed by atoms with van der Waals surface area (Å²) in [6.07, 6.45) is -16.2. The highest BCUT2D eigenvalue weighted by Gasteiger charge is 2.75. The average molecular weight is 878 g/mol. The summed E-state index contributed by atoms with van der Waals surface area (Å²) in [5, 5.41) is 92.4. The van der Waals surface area contributed by atoms with Gasteiger partial charge in [-0.05, 0) is 57.2 Å². The van der Waals surface area contributed by atoms with Gasteiger partial charge < -0.3 is 74.6 Å². The van der Waals surface area contributed by atoms with Gasteiger partial charge in [-0.2, -0.15) is 0 Å². The maximum Gasteiger partial charge on any atom is 0.408 e. The Morgan fingerprint density at radius 2 is 1.66 bits per heavy atom. The van der Waals surface area contributed by atoms with Crippen LogP contribution in [0.15, 0.2) is 53.8 Å². The number of amides is 1. The second kappa shape index (κ2) is 17.1. The third-order valence-electron chi connectivity index (χ3n) is 14.0. The minimum atomic E-state index is -1.98. The monoisotopic (exact) mass is 877 g/mol. The van der Waals surface area contributed by atoms with E-state index in [1.54, 1.807) is 85.7 Å². The number of benzene rings is 1. The van der Waals surface area contributed by atoms with Crippen molar-refractivity contribution < 1.29 is 83.7 Å². The number of nitrogens with one attached hydrogen (secondary N) is 1. The molecule has 3 aliphatic carbocycles. The number of Topliss-reactive ketones (excluding diaryl/α,β-unsaturated/α-hetero) is 1. The topological polar surface area (TPSA) is 280 Å². The Labute approximate surface area is 360 Å². The van der Waals surface area contributed by atoms with Gasteiger partial charge in [0, 0.05) is 24.2 Å². The first kappa shape index (κ1) is 47.9. The number of alkyl carbamates (subject to hydrolysis) is 1. The molecule has 1 amide bonds. The zero-order valence-electron chi connectivity index (χ0n) is 36.4. The molecule has 6 rings (SSSR count). The van der Waals surface area contributed by atoms with Crippen LogP contribution in [-0.2, 0) is 38.0 Å². The number of ether oxygens (including phenoxy) is 6. The molecule has 2 aliphatic heterocycles. The van der Waals surface area contributed by atoms with E-state index in [0.29, 0.717) is 5.56 Å². The number of esters is 1. The fraction of sp³-hybridized carbons (Fsp3) is 0.705. The Balaban J connectivity index is 1.31. The molecule has 1 aromatic carbocycles. The summed E-state index contributed by atoms with van der Waals surface area (Å²) < 4.78 is 34.6. The SMILES string of the molecule is C=C(COC1OC(CO)C(O)C(O)C1O)OC1CC2OC[C@@]2(O)C2C(C)C3(O)CC(OC(=O)C(O)C(NC(=O)OC(C)(C)C)c4ccccc4)C(C)=C(C(O)C(=O)[C@]12C)C3(C)C. The molecule has 1 aromatic rings.